The maximum atomic E-state index is 11.9. The number of benzene rings is 2. The van der Waals surface area contributed by atoms with Crippen LogP contribution >= 0.6 is 15.9 Å². The average Bonchev–Trinajstić information content (AvgIpc) is 2.72. The van der Waals surface area contributed by atoms with Crippen molar-refractivity contribution in [2.45, 2.75) is 13.2 Å². The predicted octanol–water partition coefficient (Wildman–Crippen LogP) is 4.52. The lowest BCUT2D eigenvalue weighted by Gasteiger charge is -2.21. The van der Waals surface area contributed by atoms with Crippen molar-refractivity contribution in [3.63, 3.8) is 0 Å². The van der Waals surface area contributed by atoms with Crippen LogP contribution in [-0.4, -0.2) is 18.1 Å². The zero-order valence-corrected chi connectivity index (χ0v) is 16.9. The minimum Gasteiger partial charge on any atom is -0.497 e. The molecule has 0 atom stereocenters. The largest absolute Gasteiger partial charge is 0.497 e. The van der Waals surface area contributed by atoms with Crippen molar-refractivity contribution in [2.24, 2.45) is 5.73 Å². The Hall–Kier alpha value is -3.06. The summed E-state index contributed by atoms with van der Waals surface area (Å²) in [6.07, 6.45) is 3.40. The number of ether oxygens (including phenoxy) is 2. The smallest absolute Gasteiger partial charge is 0.319 e. The highest BCUT2D eigenvalue weighted by Gasteiger charge is 2.13. The van der Waals surface area contributed by atoms with Gasteiger partial charge < -0.3 is 15.2 Å². The molecule has 2 aromatic carbocycles. The van der Waals surface area contributed by atoms with E-state index in [1.54, 1.807) is 19.5 Å². The summed E-state index contributed by atoms with van der Waals surface area (Å²) >= 11 is 3.47. The number of carbonyl (C=O) groups is 1. The molecular formula is C21H20BrN3O3. The number of aromatic nitrogens is 1. The minimum absolute atomic E-state index is 0.357. The van der Waals surface area contributed by atoms with E-state index in [-0.39, 0.29) is 0 Å². The zero-order valence-electron chi connectivity index (χ0n) is 15.3. The maximum absolute atomic E-state index is 11.9. The van der Waals surface area contributed by atoms with Crippen molar-refractivity contribution in [3.05, 3.63) is 82.6 Å². The van der Waals surface area contributed by atoms with Gasteiger partial charge in [0.1, 0.15) is 18.1 Å². The van der Waals surface area contributed by atoms with E-state index in [1.165, 1.54) is 4.90 Å². The number of carbonyl (C=O) groups excluding carboxylic acids is 1. The number of pyridine rings is 1. The minimum atomic E-state index is -0.520. The van der Waals surface area contributed by atoms with Crippen LogP contribution in [0, 0.1) is 0 Å². The van der Waals surface area contributed by atoms with Crippen molar-refractivity contribution < 1.29 is 14.3 Å². The Balaban J connectivity index is 1.69. The number of methoxy groups -OCH3 is 1. The molecule has 2 N–H and O–H groups in total. The summed E-state index contributed by atoms with van der Waals surface area (Å²) < 4.78 is 11.9. The van der Waals surface area contributed by atoms with Gasteiger partial charge in [0, 0.05) is 24.1 Å². The topological polar surface area (TPSA) is 77.7 Å². The quantitative estimate of drug-likeness (QED) is 0.584. The third-order valence-electron chi connectivity index (χ3n) is 4.11. The number of hydrogen-bond acceptors (Lipinski definition) is 4. The van der Waals surface area contributed by atoms with Gasteiger partial charge in [-0.2, -0.15) is 0 Å². The Morgan fingerprint density at radius 3 is 2.57 bits per heavy atom. The van der Waals surface area contributed by atoms with Crippen molar-refractivity contribution in [1.29, 1.82) is 0 Å². The van der Waals surface area contributed by atoms with E-state index in [2.05, 4.69) is 20.9 Å². The van der Waals surface area contributed by atoms with Crippen molar-refractivity contribution >= 4 is 27.6 Å². The summed E-state index contributed by atoms with van der Waals surface area (Å²) in [7, 11) is 1.61. The second kappa shape index (κ2) is 9.23. The van der Waals surface area contributed by atoms with Crippen LogP contribution in [0.15, 0.2) is 71.5 Å². The van der Waals surface area contributed by atoms with Gasteiger partial charge in [0.15, 0.2) is 0 Å². The van der Waals surface area contributed by atoms with Crippen LogP contribution in [-0.2, 0) is 13.2 Å². The molecule has 0 fully saturated rings. The van der Waals surface area contributed by atoms with E-state index >= 15 is 0 Å². The van der Waals surface area contributed by atoms with Gasteiger partial charge in [-0.15, -0.1) is 0 Å². The Labute approximate surface area is 172 Å². The molecule has 28 heavy (non-hydrogen) atoms. The Morgan fingerprint density at radius 1 is 1.14 bits per heavy atom. The number of halogens is 1. The molecule has 0 spiro atoms. The van der Waals surface area contributed by atoms with Crippen LogP contribution in [0.3, 0.4) is 0 Å². The molecule has 1 heterocycles. The lowest BCUT2D eigenvalue weighted by atomic mass is 10.2. The second-order valence-corrected chi connectivity index (χ2v) is 6.89. The van der Waals surface area contributed by atoms with Gasteiger partial charge in [-0.05, 0) is 57.4 Å². The molecule has 0 unspecified atom stereocenters. The fourth-order valence-electron chi connectivity index (χ4n) is 2.63. The molecule has 144 valence electrons. The normalized spacial score (nSPS) is 10.4. The van der Waals surface area contributed by atoms with Crippen molar-refractivity contribution in [2.75, 3.05) is 12.0 Å². The fourth-order valence-corrected chi connectivity index (χ4v) is 2.99. The van der Waals surface area contributed by atoms with Gasteiger partial charge in [-0.3, -0.25) is 9.88 Å². The van der Waals surface area contributed by atoms with Crippen LogP contribution in [0.1, 0.15) is 11.1 Å². The second-order valence-electron chi connectivity index (χ2n) is 6.04. The summed E-state index contributed by atoms with van der Waals surface area (Å²) in [5, 5.41) is 0. The first-order valence-electron chi connectivity index (χ1n) is 8.58. The molecule has 2 amide bonds. The molecule has 0 aliphatic heterocycles. The van der Waals surface area contributed by atoms with E-state index in [0.29, 0.717) is 24.6 Å². The Morgan fingerprint density at radius 2 is 1.93 bits per heavy atom. The summed E-state index contributed by atoms with van der Waals surface area (Å²) in [4.78, 5) is 17.5. The number of anilines is 1. The molecule has 3 aromatic rings. The number of rotatable bonds is 7. The number of nitrogens with zero attached hydrogens (tertiary/aromatic N) is 2. The molecule has 7 heteroatoms. The third kappa shape index (κ3) is 5.01. The number of amides is 2. The van der Waals surface area contributed by atoms with Gasteiger partial charge in [-0.25, -0.2) is 4.79 Å². The lowest BCUT2D eigenvalue weighted by Crippen LogP contribution is -2.35. The predicted molar refractivity (Wildman–Crippen MR) is 111 cm³/mol. The Bertz CT molecular complexity index is 933. The van der Waals surface area contributed by atoms with Crippen LogP contribution < -0.4 is 20.1 Å². The van der Waals surface area contributed by atoms with Crippen molar-refractivity contribution in [1.82, 2.24) is 4.98 Å². The van der Waals surface area contributed by atoms with Crippen LogP contribution in [0.5, 0.6) is 11.5 Å². The van der Waals surface area contributed by atoms with E-state index < -0.39 is 6.03 Å². The first kappa shape index (κ1) is 19.7. The molecule has 6 nitrogen and oxygen atoms in total. The molecule has 0 aliphatic carbocycles. The van der Waals surface area contributed by atoms with Crippen LogP contribution in [0.25, 0.3) is 0 Å². The number of urea groups is 1. The van der Waals surface area contributed by atoms with E-state index in [0.717, 1.165) is 21.3 Å². The molecule has 3 rings (SSSR count). The lowest BCUT2D eigenvalue weighted by molar-refractivity contribution is 0.253. The van der Waals surface area contributed by atoms with Gasteiger partial charge in [0.05, 0.1) is 18.1 Å². The summed E-state index contributed by atoms with van der Waals surface area (Å²) in [5.74, 6) is 1.42. The summed E-state index contributed by atoms with van der Waals surface area (Å²) in [6, 6.07) is 16.3. The van der Waals surface area contributed by atoms with Gasteiger partial charge in [0.2, 0.25) is 0 Å². The van der Waals surface area contributed by atoms with E-state index in [1.807, 2.05) is 54.6 Å². The van der Waals surface area contributed by atoms with Gasteiger partial charge in [-0.1, -0.05) is 18.2 Å². The van der Waals surface area contributed by atoms with Crippen molar-refractivity contribution in [3.8, 4) is 11.5 Å². The molecule has 0 aliphatic rings. The highest BCUT2D eigenvalue weighted by atomic mass is 79.9. The first-order chi connectivity index (χ1) is 13.6. The number of hydrogen-bond donors (Lipinski definition) is 1. The molecule has 0 bridgehead atoms. The Kier molecular flexibility index (Phi) is 6.49. The molecule has 0 radical (unpaired) electrons. The average molecular weight is 442 g/mol. The van der Waals surface area contributed by atoms with E-state index in [9.17, 15) is 4.79 Å². The SMILES string of the molecule is COc1ccc(Br)c(OCc2ccc(N(Cc3cccnc3)C(N)=O)cc2)c1. The highest BCUT2D eigenvalue weighted by molar-refractivity contribution is 9.10. The number of nitrogens with two attached hydrogens (primary N) is 1. The summed E-state index contributed by atoms with van der Waals surface area (Å²) in [6.45, 7) is 0.737. The third-order valence-corrected chi connectivity index (χ3v) is 4.77. The zero-order chi connectivity index (χ0) is 19.9. The van der Waals surface area contributed by atoms with Gasteiger partial charge in [0.25, 0.3) is 0 Å². The highest BCUT2D eigenvalue weighted by Crippen LogP contribution is 2.30. The van der Waals surface area contributed by atoms with Crippen LogP contribution in [0.2, 0.25) is 0 Å². The molecule has 0 saturated carbocycles. The fraction of sp³-hybridized carbons (Fsp3) is 0.143. The van der Waals surface area contributed by atoms with Gasteiger partial charge >= 0.3 is 6.03 Å². The maximum Gasteiger partial charge on any atom is 0.319 e. The van der Waals surface area contributed by atoms with Crippen LogP contribution in [0.4, 0.5) is 10.5 Å². The standard InChI is InChI=1S/C21H20BrN3O3/c1-27-18-8-9-19(22)20(11-18)28-14-15-4-6-17(7-5-15)25(21(23)26)13-16-3-2-10-24-12-16/h2-12H,13-14H2,1H3,(H2,23,26). The van der Waals surface area contributed by atoms with E-state index in [4.69, 9.17) is 15.2 Å². The molecular weight excluding hydrogens is 422 g/mol. The molecule has 0 saturated heterocycles. The monoisotopic (exact) mass is 441 g/mol. The first-order valence-corrected chi connectivity index (χ1v) is 9.37. The summed E-state index contributed by atoms with van der Waals surface area (Å²) in [5.41, 5.74) is 8.13. The molecule has 1 aromatic heterocycles. The number of primary amides is 1.